The second-order valence-electron chi connectivity index (χ2n) is 4.06. The zero-order valence-corrected chi connectivity index (χ0v) is 9.30. The zero-order valence-electron chi connectivity index (χ0n) is 9.30. The van der Waals surface area contributed by atoms with Crippen LogP contribution in [0.2, 0.25) is 0 Å². The van der Waals surface area contributed by atoms with E-state index in [-0.39, 0.29) is 17.8 Å². The van der Waals surface area contributed by atoms with Crippen LogP contribution in [0.15, 0.2) is 12.1 Å². The van der Waals surface area contributed by atoms with Crippen LogP contribution in [0.3, 0.4) is 0 Å². The van der Waals surface area contributed by atoms with Crippen molar-refractivity contribution < 1.29 is 18.3 Å². The SMILES string of the molecule is COc1c([C@H]2COC(C)C2)ccc(F)c1F. The lowest BCUT2D eigenvalue weighted by molar-refractivity contribution is 0.123. The largest absolute Gasteiger partial charge is 0.493 e. The van der Waals surface area contributed by atoms with E-state index in [2.05, 4.69) is 0 Å². The van der Waals surface area contributed by atoms with Crippen molar-refractivity contribution in [3.63, 3.8) is 0 Å². The van der Waals surface area contributed by atoms with Crippen LogP contribution in [0.4, 0.5) is 8.78 Å². The molecule has 0 spiro atoms. The molecule has 0 aliphatic carbocycles. The van der Waals surface area contributed by atoms with Crippen LogP contribution in [0, 0.1) is 11.6 Å². The van der Waals surface area contributed by atoms with Crippen molar-refractivity contribution in [2.24, 2.45) is 0 Å². The fraction of sp³-hybridized carbons (Fsp3) is 0.500. The Morgan fingerprint density at radius 2 is 2.12 bits per heavy atom. The summed E-state index contributed by atoms with van der Waals surface area (Å²) in [5, 5.41) is 0. The Kier molecular flexibility index (Phi) is 3.10. The van der Waals surface area contributed by atoms with Crippen molar-refractivity contribution >= 4 is 0 Å². The number of benzene rings is 1. The summed E-state index contributed by atoms with van der Waals surface area (Å²) in [5.41, 5.74) is 0.686. The summed E-state index contributed by atoms with van der Waals surface area (Å²) in [6.07, 6.45) is 0.962. The number of ether oxygens (including phenoxy) is 2. The first-order valence-electron chi connectivity index (χ1n) is 5.27. The first-order valence-corrected chi connectivity index (χ1v) is 5.27. The molecule has 0 radical (unpaired) electrons. The van der Waals surface area contributed by atoms with Gasteiger partial charge in [0.1, 0.15) is 0 Å². The summed E-state index contributed by atoms with van der Waals surface area (Å²) in [7, 11) is 1.35. The molecule has 0 saturated carbocycles. The summed E-state index contributed by atoms with van der Waals surface area (Å²) in [6, 6.07) is 2.71. The molecule has 1 aliphatic heterocycles. The van der Waals surface area contributed by atoms with E-state index in [1.54, 1.807) is 6.07 Å². The summed E-state index contributed by atoms with van der Waals surface area (Å²) in [4.78, 5) is 0. The number of methoxy groups -OCH3 is 1. The van der Waals surface area contributed by atoms with Crippen LogP contribution in [-0.4, -0.2) is 19.8 Å². The van der Waals surface area contributed by atoms with Crippen molar-refractivity contribution in [1.82, 2.24) is 0 Å². The highest BCUT2D eigenvalue weighted by Crippen LogP contribution is 2.36. The zero-order chi connectivity index (χ0) is 11.7. The van der Waals surface area contributed by atoms with E-state index in [1.165, 1.54) is 7.11 Å². The van der Waals surface area contributed by atoms with Crippen LogP contribution in [0.5, 0.6) is 5.75 Å². The predicted molar refractivity (Wildman–Crippen MR) is 55.7 cm³/mol. The van der Waals surface area contributed by atoms with Crippen molar-refractivity contribution in [3.05, 3.63) is 29.3 Å². The van der Waals surface area contributed by atoms with E-state index in [0.717, 1.165) is 12.5 Å². The molecule has 1 aromatic carbocycles. The summed E-state index contributed by atoms with van der Waals surface area (Å²) in [5.74, 6) is -1.71. The molecule has 1 heterocycles. The third-order valence-electron chi connectivity index (χ3n) is 2.92. The van der Waals surface area contributed by atoms with Gasteiger partial charge in [0.2, 0.25) is 5.82 Å². The summed E-state index contributed by atoms with van der Waals surface area (Å²) >= 11 is 0. The monoisotopic (exact) mass is 228 g/mol. The molecule has 16 heavy (non-hydrogen) atoms. The molecule has 2 rings (SSSR count). The second-order valence-corrected chi connectivity index (χ2v) is 4.06. The summed E-state index contributed by atoms with van der Waals surface area (Å²) in [6.45, 7) is 2.49. The first-order chi connectivity index (χ1) is 7.63. The Balaban J connectivity index is 2.37. The fourth-order valence-corrected chi connectivity index (χ4v) is 2.11. The van der Waals surface area contributed by atoms with E-state index >= 15 is 0 Å². The maximum Gasteiger partial charge on any atom is 0.200 e. The molecule has 1 saturated heterocycles. The van der Waals surface area contributed by atoms with Crippen LogP contribution in [0.25, 0.3) is 0 Å². The van der Waals surface area contributed by atoms with Gasteiger partial charge in [-0.2, -0.15) is 4.39 Å². The van der Waals surface area contributed by atoms with E-state index in [0.29, 0.717) is 12.2 Å². The van der Waals surface area contributed by atoms with Gasteiger partial charge in [-0.15, -0.1) is 0 Å². The van der Waals surface area contributed by atoms with Gasteiger partial charge in [-0.1, -0.05) is 6.07 Å². The highest BCUT2D eigenvalue weighted by atomic mass is 19.2. The minimum atomic E-state index is -0.917. The van der Waals surface area contributed by atoms with E-state index in [1.807, 2.05) is 6.92 Å². The summed E-state index contributed by atoms with van der Waals surface area (Å²) < 4.78 is 36.8. The van der Waals surface area contributed by atoms with E-state index in [4.69, 9.17) is 9.47 Å². The van der Waals surface area contributed by atoms with Crippen LogP contribution in [-0.2, 0) is 4.74 Å². The Morgan fingerprint density at radius 3 is 2.69 bits per heavy atom. The fourth-order valence-electron chi connectivity index (χ4n) is 2.11. The lowest BCUT2D eigenvalue weighted by Crippen LogP contribution is -2.04. The Hall–Kier alpha value is -1.16. The van der Waals surface area contributed by atoms with Crippen molar-refractivity contribution in [1.29, 1.82) is 0 Å². The van der Waals surface area contributed by atoms with Crippen LogP contribution in [0.1, 0.15) is 24.8 Å². The molecule has 0 N–H and O–H groups in total. The van der Waals surface area contributed by atoms with Gasteiger partial charge in [0.15, 0.2) is 11.6 Å². The highest BCUT2D eigenvalue weighted by molar-refractivity contribution is 5.39. The minimum Gasteiger partial charge on any atom is -0.493 e. The van der Waals surface area contributed by atoms with Crippen LogP contribution < -0.4 is 4.74 Å². The lowest BCUT2D eigenvalue weighted by Gasteiger charge is -2.14. The minimum absolute atomic E-state index is 0.00250. The van der Waals surface area contributed by atoms with Gasteiger partial charge in [0.05, 0.1) is 19.8 Å². The quantitative estimate of drug-likeness (QED) is 0.774. The normalized spacial score (nSPS) is 24.8. The van der Waals surface area contributed by atoms with Gasteiger partial charge in [0, 0.05) is 11.5 Å². The van der Waals surface area contributed by atoms with Gasteiger partial charge < -0.3 is 9.47 Å². The topological polar surface area (TPSA) is 18.5 Å². The van der Waals surface area contributed by atoms with Gasteiger partial charge >= 0.3 is 0 Å². The lowest BCUT2D eigenvalue weighted by atomic mass is 9.95. The third-order valence-corrected chi connectivity index (χ3v) is 2.92. The number of hydrogen-bond acceptors (Lipinski definition) is 2. The van der Waals surface area contributed by atoms with Gasteiger partial charge in [0.25, 0.3) is 0 Å². The Morgan fingerprint density at radius 1 is 1.38 bits per heavy atom. The van der Waals surface area contributed by atoms with Crippen molar-refractivity contribution in [2.75, 3.05) is 13.7 Å². The molecule has 1 unspecified atom stereocenters. The molecular weight excluding hydrogens is 214 g/mol. The molecule has 1 aromatic rings. The Labute approximate surface area is 93.2 Å². The number of halogens is 2. The molecule has 1 aliphatic rings. The van der Waals surface area contributed by atoms with Crippen LogP contribution >= 0.6 is 0 Å². The third kappa shape index (κ3) is 1.89. The Bertz CT molecular complexity index is 393. The standard InChI is InChI=1S/C12H14F2O2/c1-7-5-8(6-16-7)9-3-4-10(13)11(14)12(9)15-2/h3-4,7-8H,5-6H2,1-2H3/t7?,8-/m1/s1. The molecule has 88 valence electrons. The highest BCUT2D eigenvalue weighted by Gasteiger charge is 2.28. The molecule has 4 heteroatoms. The first kappa shape index (κ1) is 11.3. The van der Waals surface area contributed by atoms with Gasteiger partial charge in [-0.05, 0) is 19.4 Å². The van der Waals surface area contributed by atoms with Gasteiger partial charge in [-0.25, -0.2) is 4.39 Å². The van der Waals surface area contributed by atoms with Crippen molar-refractivity contribution in [3.8, 4) is 5.75 Å². The second kappa shape index (κ2) is 4.37. The molecular formula is C12H14F2O2. The molecule has 2 atom stereocenters. The maximum absolute atomic E-state index is 13.5. The average Bonchev–Trinajstić information content (AvgIpc) is 2.68. The van der Waals surface area contributed by atoms with Crippen molar-refractivity contribution in [2.45, 2.75) is 25.4 Å². The molecule has 0 aromatic heterocycles. The maximum atomic E-state index is 13.5. The molecule has 0 amide bonds. The smallest absolute Gasteiger partial charge is 0.200 e. The van der Waals surface area contributed by atoms with E-state index in [9.17, 15) is 8.78 Å². The molecule has 2 nitrogen and oxygen atoms in total. The molecule has 0 bridgehead atoms. The van der Waals surface area contributed by atoms with E-state index < -0.39 is 11.6 Å². The molecule has 1 fully saturated rings. The number of rotatable bonds is 2. The van der Waals surface area contributed by atoms with Gasteiger partial charge in [-0.3, -0.25) is 0 Å². The average molecular weight is 228 g/mol. The predicted octanol–water partition coefficient (Wildman–Crippen LogP) is 2.87. The number of hydrogen-bond donors (Lipinski definition) is 0.